The van der Waals surface area contributed by atoms with Crippen LogP contribution in [0, 0.1) is 10.8 Å². The summed E-state index contributed by atoms with van der Waals surface area (Å²) in [6.07, 6.45) is 1.76. The summed E-state index contributed by atoms with van der Waals surface area (Å²) in [5, 5.41) is 5.90. The number of aromatic nitrogens is 2. The first-order valence-electron chi connectivity index (χ1n) is 6.73. The van der Waals surface area contributed by atoms with Crippen LogP contribution in [0.5, 0.6) is 0 Å². The Morgan fingerprint density at radius 2 is 2.15 bits per heavy atom. The number of benzene rings is 1. The normalized spacial score (nSPS) is 34.5. The third kappa shape index (κ3) is 1.19. The van der Waals surface area contributed by atoms with Crippen molar-refractivity contribution in [3.63, 3.8) is 0 Å². The summed E-state index contributed by atoms with van der Waals surface area (Å²) in [5.41, 5.74) is 0.718. The predicted molar refractivity (Wildman–Crippen MR) is 75.6 cm³/mol. The molecule has 0 amide bonds. The number of carbonyl (C=O) groups excluding carboxylic acids is 1. The molecule has 0 aliphatic heterocycles. The number of ether oxygens (including phenoxy) is 1. The van der Waals surface area contributed by atoms with Gasteiger partial charge in [0.1, 0.15) is 0 Å². The predicted octanol–water partition coefficient (Wildman–Crippen LogP) is 3.20. The van der Waals surface area contributed by atoms with Crippen LogP contribution in [0.2, 0.25) is 5.15 Å². The SMILES string of the molecule is COC(=O)C12CC(C)(C1)C2n1nc(Cl)c2ccccc21. The first-order chi connectivity index (χ1) is 9.52. The summed E-state index contributed by atoms with van der Waals surface area (Å²) in [5.74, 6) is -0.123. The van der Waals surface area contributed by atoms with Crippen LogP contribution in [0.15, 0.2) is 24.3 Å². The monoisotopic (exact) mass is 290 g/mol. The average molecular weight is 291 g/mol. The van der Waals surface area contributed by atoms with Gasteiger partial charge < -0.3 is 4.74 Å². The van der Waals surface area contributed by atoms with Gasteiger partial charge in [-0.2, -0.15) is 5.10 Å². The van der Waals surface area contributed by atoms with Gasteiger partial charge in [0.05, 0.1) is 24.1 Å². The molecule has 104 valence electrons. The van der Waals surface area contributed by atoms with Crippen molar-refractivity contribution < 1.29 is 9.53 Å². The summed E-state index contributed by atoms with van der Waals surface area (Å²) in [6.45, 7) is 2.20. The molecule has 3 aliphatic carbocycles. The fourth-order valence-electron chi connectivity index (χ4n) is 4.42. The van der Waals surface area contributed by atoms with Gasteiger partial charge in [0.15, 0.2) is 5.15 Å². The summed E-state index contributed by atoms with van der Waals surface area (Å²) < 4.78 is 6.93. The Morgan fingerprint density at radius 1 is 1.45 bits per heavy atom. The number of nitrogens with zero attached hydrogens (tertiary/aromatic N) is 2. The van der Waals surface area contributed by atoms with Gasteiger partial charge >= 0.3 is 5.97 Å². The lowest BCUT2D eigenvalue weighted by molar-refractivity contribution is -0.259. The van der Waals surface area contributed by atoms with E-state index in [2.05, 4.69) is 12.0 Å². The maximum atomic E-state index is 12.1. The van der Waals surface area contributed by atoms with Gasteiger partial charge in [0.25, 0.3) is 0 Å². The largest absolute Gasteiger partial charge is 0.469 e. The van der Waals surface area contributed by atoms with Gasteiger partial charge in [-0.1, -0.05) is 30.7 Å². The van der Waals surface area contributed by atoms with E-state index in [0.29, 0.717) is 5.15 Å². The highest BCUT2D eigenvalue weighted by Gasteiger charge is 2.78. The smallest absolute Gasteiger partial charge is 0.314 e. The van der Waals surface area contributed by atoms with Crippen molar-refractivity contribution >= 4 is 28.5 Å². The third-order valence-electron chi connectivity index (χ3n) is 5.03. The minimum Gasteiger partial charge on any atom is -0.469 e. The number of carbonyl (C=O) groups is 1. The van der Waals surface area contributed by atoms with Crippen LogP contribution in [0.1, 0.15) is 25.8 Å². The van der Waals surface area contributed by atoms with Gasteiger partial charge in [-0.25, -0.2) is 0 Å². The van der Waals surface area contributed by atoms with Gasteiger partial charge in [-0.05, 0) is 30.4 Å². The van der Waals surface area contributed by atoms with Crippen LogP contribution in [0.4, 0.5) is 0 Å². The Bertz CT molecular complexity index is 731. The number of fused-ring (bicyclic) bond motifs is 1. The Morgan fingerprint density at radius 3 is 2.80 bits per heavy atom. The second kappa shape index (κ2) is 3.55. The second-order valence-electron chi connectivity index (χ2n) is 6.31. The van der Waals surface area contributed by atoms with E-state index in [1.807, 2.05) is 28.9 Å². The van der Waals surface area contributed by atoms with Crippen molar-refractivity contribution in [2.24, 2.45) is 10.8 Å². The Hall–Kier alpha value is -1.55. The van der Waals surface area contributed by atoms with Crippen molar-refractivity contribution in [3.8, 4) is 0 Å². The molecule has 1 aromatic heterocycles. The zero-order valence-corrected chi connectivity index (χ0v) is 12.1. The summed E-state index contributed by atoms with van der Waals surface area (Å²) in [6, 6.07) is 7.92. The molecule has 4 nitrogen and oxygen atoms in total. The Balaban J connectivity index is 1.86. The van der Waals surface area contributed by atoms with Crippen LogP contribution in [0.3, 0.4) is 0 Å². The maximum Gasteiger partial charge on any atom is 0.314 e. The van der Waals surface area contributed by atoms with Crippen molar-refractivity contribution in [1.29, 1.82) is 0 Å². The number of methoxy groups -OCH3 is 1. The van der Waals surface area contributed by atoms with E-state index in [1.54, 1.807) is 0 Å². The van der Waals surface area contributed by atoms with E-state index in [-0.39, 0.29) is 17.4 Å². The van der Waals surface area contributed by atoms with E-state index in [0.717, 1.165) is 23.7 Å². The number of hydrogen-bond donors (Lipinski definition) is 0. The molecule has 1 unspecified atom stereocenters. The number of hydrogen-bond acceptors (Lipinski definition) is 3. The van der Waals surface area contributed by atoms with Crippen LogP contribution < -0.4 is 0 Å². The molecule has 2 aromatic rings. The molecule has 0 saturated heterocycles. The third-order valence-corrected chi connectivity index (χ3v) is 5.31. The zero-order valence-electron chi connectivity index (χ0n) is 11.4. The lowest BCUT2D eigenvalue weighted by Gasteiger charge is -2.72. The number of halogens is 1. The first kappa shape index (κ1) is 12.2. The molecule has 2 bridgehead atoms. The van der Waals surface area contributed by atoms with Crippen molar-refractivity contribution in [2.45, 2.75) is 25.8 Å². The highest BCUT2D eigenvalue weighted by atomic mass is 35.5. The molecule has 0 N–H and O–H groups in total. The van der Waals surface area contributed by atoms with Crippen molar-refractivity contribution in [1.82, 2.24) is 9.78 Å². The van der Waals surface area contributed by atoms with Crippen LogP contribution in [-0.4, -0.2) is 22.9 Å². The van der Waals surface area contributed by atoms with Gasteiger partial charge in [-0.3, -0.25) is 9.48 Å². The Kier molecular flexibility index (Phi) is 2.17. The molecule has 3 aliphatic rings. The van der Waals surface area contributed by atoms with Gasteiger partial charge in [0, 0.05) is 5.39 Å². The topological polar surface area (TPSA) is 44.1 Å². The first-order valence-corrected chi connectivity index (χ1v) is 7.11. The molecule has 0 spiro atoms. The number of rotatable bonds is 2. The van der Waals surface area contributed by atoms with Gasteiger partial charge in [0.2, 0.25) is 0 Å². The Labute approximate surface area is 121 Å². The van der Waals surface area contributed by atoms with E-state index in [4.69, 9.17) is 16.3 Å². The molecule has 20 heavy (non-hydrogen) atoms. The molecule has 1 aromatic carbocycles. The lowest BCUT2D eigenvalue weighted by atomic mass is 9.32. The minimum atomic E-state index is -0.401. The molecule has 1 heterocycles. The summed E-state index contributed by atoms with van der Waals surface area (Å²) >= 11 is 6.22. The van der Waals surface area contributed by atoms with Gasteiger partial charge in [-0.15, -0.1) is 0 Å². The molecule has 5 rings (SSSR count). The molecule has 3 saturated carbocycles. The molecular formula is C15H15ClN2O2. The molecular weight excluding hydrogens is 276 g/mol. The quantitative estimate of drug-likeness (QED) is 0.798. The lowest BCUT2D eigenvalue weighted by Crippen LogP contribution is -2.72. The standard InChI is InChI=1S/C15H15ClN2O2/c1-14-7-15(8-14,13(19)20-2)12(14)18-10-6-4-3-5-9(10)11(16)17-18/h3-6,12H,7-8H2,1-2H3. The zero-order chi connectivity index (χ0) is 14.1. The molecule has 5 heteroatoms. The van der Waals surface area contributed by atoms with E-state index in [1.165, 1.54) is 7.11 Å². The summed E-state index contributed by atoms with van der Waals surface area (Å²) in [7, 11) is 1.45. The minimum absolute atomic E-state index is 0.0554. The van der Waals surface area contributed by atoms with Crippen LogP contribution >= 0.6 is 11.6 Å². The second-order valence-corrected chi connectivity index (χ2v) is 6.67. The fourth-order valence-corrected chi connectivity index (χ4v) is 4.66. The number of para-hydroxylation sites is 1. The van der Waals surface area contributed by atoms with E-state index < -0.39 is 5.41 Å². The van der Waals surface area contributed by atoms with Crippen LogP contribution in [0.25, 0.3) is 10.9 Å². The molecule has 1 atom stereocenters. The molecule has 3 fully saturated rings. The summed E-state index contributed by atoms with van der Waals surface area (Å²) in [4.78, 5) is 12.1. The highest BCUT2D eigenvalue weighted by molar-refractivity contribution is 6.34. The van der Waals surface area contributed by atoms with Crippen LogP contribution in [-0.2, 0) is 9.53 Å². The average Bonchev–Trinajstić information content (AvgIpc) is 2.71. The fraction of sp³-hybridized carbons (Fsp3) is 0.467. The molecule has 0 radical (unpaired) electrons. The number of esters is 1. The van der Waals surface area contributed by atoms with E-state index in [9.17, 15) is 4.79 Å². The van der Waals surface area contributed by atoms with Crippen molar-refractivity contribution in [3.05, 3.63) is 29.4 Å². The van der Waals surface area contributed by atoms with Crippen molar-refractivity contribution in [2.75, 3.05) is 7.11 Å². The van der Waals surface area contributed by atoms with E-state index >= 15 is 0 Å². The maximum absolute atomic E-state index is 12.1. The highest BCUT2D eigenvalue weighted by Crippen LogP contribution is 2.79.